The van der Waals surface area contributed by atoms with E-state index in [1.54, 1.807) is 12.1 Å². The van der Waals surface area contributed by atoms with E-state index < -0.39 is 5.91 Å². The number of rotatable bonds is 4. The smallest absolute Gasteiger partial charge is 0.250 e. The summed E-state index contributed by atoms with van der Waals surface area (Å²) in [7, 11) is 2.03. The molecule has 1 aromatic heterocycles. The summed E-state index contributed by atoms with van der Waals surface area (Å²) in [4.78, 5) is 13.9. The van der Waals surface area contributed by atoms with Gasteiger partial charge in [-0.3, -0.25) is 4.79 Å². The Morgan fingerprint density at radius 3 is 2.61 bits per heavy atom. The zero-order valence-electron chi connectivity index (χ0n) is 15.5. The predicted octanol–water partition coefficient (Wildman–Crippen LogP) is 4.01. The molecule has 1 saturated heterocycles. The van der Waals surface area contributed by atoms with Crippen molar-refractivity contribution in [3.8, 4) is 0 Å². The van der Waals surface area contributed by atoms with Crippen LogP contribution in [0.1, 0.15) is 21.6 Å². The minimum atomic E-state index is -0.560. The molecule has 2 aromatic carbocycles. The van der Waals surface area contributed by atoms with Gasteiger partial charge in [-0.05, 0) is 35.9 Å². The number of ether oxygens (including phenoxy) is 1. The number of hydrogen-bond donors (Lipinski definition) is 1. The highest BCUT2D eigenvalue weighted by Gasteiger charge is 2.18. The normalized spacial score (nSPS) is 14.6. The van der Waals surface area contributed by atoms with Crippen molar-refractivity contribution in [1.82, 2.24) is 4.57 Å². The summed E-state index contributed by atoms with van der Waals surface area (Å²) in [5.41, 5.74) is 9.80. The summed E-state index contributed by atoms with van der Waals surface area (Å²) >= 11 is 12.8. The van der Waals surface area contributed by atoms with E-state index in [1.807, 2.05) is 7.05 Å². The van der Waals surface area contributed by atoms with Crippen molar-refractivity contribution in [2.24, 2.45) is 12.8 Å². The highest BCUT2D eigenvalue weighted by atomic mass is 35.5. The molecule has 5 nitrogen and oxygen atoms in total. The second kappa shape index (κ2) is 7.66. The van der Waals surface area contributed by atoms with E-state index in [4.69, 9.17) is 33.7 Å². The van der Waals surface area contributed by atoms with Crippen LogP contribution in [0, 0.1) is 0 Å². The highest BCUT2D eigenvalue weighted by Crippen LogP contribution is 2.32. The van der Waals surface area contributed by atoms with Crippen molar-refractivity contribution < 1.29 is 9.53 Å². The number of hydrogen-bond acceptors (Lipinski definition) is 3. The number of carbonyl (C=O) groups excluding carboxylic acids is 1. The Morgan fingerprint density at radius 1 is 1.14 bits per heavy atom. The third-order valence-corrected chi connectivity index (χ3v) is 6.10. The van der Waals surface area contributed by atoms with E-state index in [2.05, 4.69) is 33.7 Å². The Morgan fingerprint density at radius 2 is 1.89 bits per heavy atom. The van der Waals surface area contributed by atoms with Gasteiger partial charge >= 0.3 is 0 Å². The molecule has 0 saturated carbocycles. The Hall–Kier alpha value is -2.21. The van der Waals surface area contributed by atoms with Gasteiger partial charge in [-0.1, -0.05) is 29.3 Å². The van der Waals surface area contributed by atoms with Gasteiger partial charge in [0.05, 0.1) is 29.3 Å². The van der Waals surface area contributed by atoms with Crippen LogP contribution in [0.4, 0.5) is 5.69 Å². The molecule has 3 aromatic rings. The van der Waals surface area contributed by atoms with Gasteiger partial charge < -0.3 is 19.9 Å². The number of halogens is 2. The molecule has 2 N–H and O–H groups in total. The molecule has 28 heavy (non-hydrogen) atoms. The van der Waals surface area contributed by atoms with E-state index in [9.17, 15) is 4.79 Å². The topological polar surface area (TPSA) is 60.5 Å². The van der Waals surface area contributed by atoms with Gasteiger partial charge in [0.2, 0.25) is 5.91 Å². The van der Waals surface area contributed by atoms with E-state index >= 15 is 0 Å². The van der Waals surface area contributed by atoms with Gasteiger partial charge in [0.25, 0.3) is 0 Å². The van der Waals surface area contributed by atoms with Crippen LogP contribution in [-0.4, -0.2) is 36.8 Å². The number of nitrogens with two attached hydrogens (primary N) is 1. The second-order valence-corrected chi connectivity index (χ2v) is 7.75. The van der Waals surface area contributed by atoms with Gasteiger partial charge in [0.1, 0.15) is 0 Å². The number of amides is 1. The van der Waals surface area contributed by atoms with Gasteiger partial charge in [0, 0.05) is 48.3 Å². The van der Waals surface area contributed by atoms with Crippen molar-refractivity contribution in [1.29, 1.82) is 0 Å². The van der Waals surface area contributed by atoms with E-state index in [0.29, 0.717) is 22.0 Å². The number of primary amides is 1. The predicted molar refractivity (Wildman–Crippen MR) is 114 cm³/mol. The number of benzene rings is 2. The monoisotopic (exact) mass is 417 g/mol. The van der Waals surface area contributed by atoms with E-state index in [0.717, 1.165) is 42.9 Å². The molecule has 1 fully saturated rings. The van der Waals surface area contributed by atoms with Crippen LogP contribution < -0.4 is 10.6 Å². The lowest BCUT2D eigenvalue weighted by Gasteiger charge is -2.29. The molecule has 2 heterocycles. The summed E-state index contributed by atoms with van der Waals surface area (Å²) in [5.74, 6) is -0.560. The average molecular weight is 418 g/mol. The summed E-state index contributed by atoms with van der Waals surface area (Å²) in [6, 6.07) is 11.8. The van der Waals surface area contributed by atoms with Crippen molar-refractivity contribution in [3.63, 3.8) is 0 Å². The zero-order chi connectivity index (χ0) is 19.8. The first-order valence-corrected chi connectivity index (χ1v) is 9.89. The first kappa shape index (κ1) is 19.1. The van der Waals surface area contributed by atoms with E-state index in [-0.39, 0.29) is 5.56 Å². The van der Waals surface area contributed by atoms with Crippen LogP contribution in [-0.2, 0) is 18.2 Å². The standard InChI is InChI=1S/C21H21Cl2N3O2/c1-25-15(11-17-18(22)5-4-16(20(17)23)21(24)27)10-13-2-3-14(12-19(13)25)26-6-8-28-9-7-26/h2-5,10,12H,6-9,11H2,1H3,(H2,24,27). The van der Waals surface area contributed by atoms with Crippen molar-refractivity contribution in [3.05, 3.63) is 63.3 Å². The average Bonchev–Trinajstić information content (AvgIpc) is 3.00. The van der Waals surface area contributed by atoms with E-state index in [1.165, 1.54) is 5.69 Å². The van der Waals surface area contributed by atoms with Crippen LogP contribution in [0.2, 0.25) is 10.0 Å². The van der Waals surface area contributed by atoms with Gasteiger partial charge in [0.15, 0.2) is 0 Å². The Balaban J connectivity index is 1.71. The number of nitrogens with zero attached hydrogens (tertiary/aromatic N) is 2. The maximum Gasteiger partial charge on any atom is 0.250 e. The third-order valence-electron chi connectivity index (χ3n) is 5.31. The molecule has 0 aliphatic carbocycles. The fraction of sp³-hybridized carbons (Fsp3) is 0.286. The number of fused-ring (bicyclic) bond motifs is 1. The lowest BCUT2D eigenvalue weighted by molar-refractivity contribution is 0.100. The molecule has 146 valence electrons. The molecule has 0 spiro atoms. The molecular weight excluding hydrogens is 397 g/mol. The number of morpholine rings is 1. The summed E-state index contributed by atoms with van der Waals surface area (Å²) in [5, 5.41) is 1.99. The zero-order valence-corrected chi connectivity index (χ0v) is 17.1. The van der Waals surface area contributed by atoms with Gasteiger partial charge in [-0.2, -0.15) is 0 Å². The molecule has 1 aliphatic heterocycles. The Bertz CT molecular complexity index is 1060. The summed E-state index contributed by atoms with van der Waals surface area (Å²) in [6.45, 7) is 3.30. The minimum absolute atomic E-state index is 0.287. The lowest BCUT2D eigenvalue weighted by atomic mass is 10.1. The first-order valence-electron chi connectivity index (χ1n) is 9.13. The van der Waals surface area contributed by atoms with Crippen LogP contribution in [0.25, 0.3) is 10.9 Å². The largest absolute Gasteiger partial charge is 0.378 e. The minimum Gasteiger partial charge on any atom is -0.378 e. The maximum atomic E-state index is 11.6. The number of aromatic nitrogens is 1. The molecule has 0 bridgehead atoms. The van der Waals surface area contributed by atoms with Crippen LogP contribution >= 0.6 is 23.2 Å². The highest BCUT2D eigenvalue weighted by molar-refractivity contribution is 6.38. The molecular formula is C21H21Cl2N3O2. The maximum absolute atomic E-state index is 11.6. The fourth-order valence-corrected chi connectivity index (χ4v) is 4.29. The van der Waals surface area contributed by atoms with Gasteiger partial charge in [-0.25, -0.2) is 0 Å². The Kier molecular flexibility index (Phi) is 5.23. The third kappa shape index (κ3) is 3.46. The molecule has 1 aliphatic rings. The van der Waals surface area contributed by atoms with Crippen molar-refractivity contribution >= 4 is 45.7 Å². The fourth-order valence-electron chi connectivity index (χ4n) is 3.69. The first-order chi connectivity index (χ1) is 13.5. The van der Waals surface area contributed by atoms with Crippen molar-refractivity contribution in [2.75, 3.05) is 31.2 Å². The van der Waals surface area contributed by atoms with Gasteiger partial charge in [-0.15, -0.1) is 0 Å². The number of anilines is 1. The SMILES string of the molecule is Cn1c(Cc2c(Cl)ccc(C(N)=O)c2Cl)cc2ccc(N3CCOCC3)cc21. The molecule has 1 amide bonds. The van der Waals surface area contributed by atoms with Crippen molar-refractivity contribution in [2.45, 2.75) is 6.42 Å². The van der Waals surface area contributed by atoms with Crippen LogP contribution in [0.15, 0.2) is 36.4 Å². The molecule has 4 rings (SSSR count). The van der Waals surface area contributed by atoms with Crippen LogP contribution in [0.3, 0.4) is 0 Å². The summed E-state index contributed by atoms with van der Waals surface area (Å²) in [6.07, 6.45) is 0.511. The Labute approximate surface area is 173 Å². The second-order valence-electron chi connectivity index (χ2n) is 6.97. The van der Waals surface area contributed by atoms with Crippen LogP contribution in [0.5, 0.6) is 0 Å². The lowest BCUT2D eigenvalue weighted by Crippen LogP contribution is -2.36. The number of aryl methyl sites for hydroxylation is 1. The molecule has 0 atom stereocenters. The number of carbonyl (C=O) groups is 1. The molecule has 0 radical (unpaired) electrons. The molecule has 0 unspecified atom stereocenters. The quantitative estimate of drug-likeness (QED) is 0.697. The summed E-state index contributed by atoms with van der Waals surface area (Å²) < 4.78 is 7.59. The molecule has 7 heteroatoms.